The molecule has 1 aromatic carbocycles. The summed E-state index contributed by atoms with van der Waals surface area (Å²) in [7, 11) is 1.56. The second-order valence-electron chi connectivity index (χ2n) is 4.08. The Labute approximate surface area is 112 Å². The van der Waals surface area contributed by atoms with Crippen LogP contribution in [0.1, 0.15) is 26.2 Å². The van der Waals surface area contributed by atoms with E-state index < -0.39 is 6.04 Å². The molecule has 0 radical (unpaired) electrons. The predicted octanol–water partition coefficient (Wildman–Crippen LogP) is 2.80. The number of methoxy groups -OCH3 is 1. The Hall–Kier alpha value is -1.26. The SMILES string of the molecule is CCCC[C@H](N)C(=O)Nc1cc(OC)ccc1Cl. The van der Waals surface area contributed by atoms with Crippen LogP contribution in [0, 0.1) is 0 Å². The van der Waals surface area contributed by atoms with Gasteiger partial charge in [-0.25, -0.2) is 0 Å². The molecule has 0 spiro atoms. The zero-order valence-electron chi connectivity index (χ0n) is 10.7. The van der Waals surface area contributed by atoms with Crippen molar-refractivity contribution < 1.29 is 9.53 Å². The number of hydrogen-bond acceptors (Lipinski definition) is 3. The number of ether oxygens (including phenoxy) is 1. The van der Waals surface area contributed by atoms with Gasteiger partial charge in [-0.15, -0.1) is 0 Å². The summed E-state index contributed by atoms with van der Waals surface area (Å²) in [5, 5.41) is 3.18. The van der Waals surface area contributed by atoms with Crippen molar-refractivity contribution in [2.45, 2.75) is 32.2 Å². The Balaban J connectivity index is 2.68. The Bertz CT molecular complexity index is 410. The summed E-state index contributed by atoms with van der Waals surface area (Å²) in [5.41, 5.74) is 6.31. The highest BCUT2D eigenvalue weighted by atomic mass is 35.5. The van der Waals surface area contributed by atoms with Gasteiger partial charge < -0.3 is 15.8 Å². The Morgan fingerprint density at radius 3 is 2.89 bits per heavy atom. The van der Waals surface area contributed by atoms with Crippen molar-refractivity contribution in [1.82, 2.24) is 0 Å². The second-order valence-corrected chi connectivity index (χ2v) is 4.49. The van der Waals surface area contributed by atoms with Gasteiger partial charge in [0, 0.05) is 6.07 Å². The van der Waals surface area contributed by atoms with Crippen LogP contribution in [0.5, 0.6) is 5.75 Å². The number of nitrogens with one attached hydrogen (secondary N) is 1. The fourth-order valence-electron chi connectivity index (χ4n) is 1.51. The van der Waals surface area contributed by atoms with Gasteiger partial charge in [-0.05, 0) is 18.6 Å². The lowest BCUT2D eigenvalue weighted by Crippen LogP contribution is -2.35. The summed E-state index contributed by atoms with van der Waals surface area (Å²) < 4.78 is 5.08. The molecule has 0 aliphatic carbocycles. The molecule has 0 fully saturated rings. The summed E-state index contributed by atoms with van der Waals surface area (Å²) in [6.07, 6.45) is 2.62. The van der Waals surface area contributed by atoms with Gasteiger partial charge in [0.25, 0.3) is 0 Å². The third-order valence-electron chi connectivity index (χ3n) is 2.64. The quantitative estimate of drug-likeness (QED) is 0.835. The van der Waals surface area contributed by atoms with Gasteiger partial charge in [0.05, 0.1) is 23.9 Å². The average Bonchev–Trinajstić information content (AvgIpc) is 2.38. The van der Waals surface area contributed by atoms with E-state index in [-0.39, 0.29) is 5.91 Å². The number of unbranched alkanes of at least 4 members (excludes halogenated alkanes) is 1. The highest BCUT2D eigenvalue weighted by Crippen LogP contribution is 2.26. The lowest BCUT2D eigenvalue weighted by atomic mass is 10.1. The zero-order chi connectivity index (χ0) is 13.5. The van der Waals surface area contributed by atoms with Crippen molar-refractivity contribution in [3.8, 4) is 5.75 Å². The fraction of sp³-hybridized carbons (Fsp3) is 0.462. The minimum atomic E-state index is -0.507. The minimum absolute atomic E-state index is 0.224. The van der Waals surface area contributed by atoms with Crippen LogP contribution in [0.4, 0.5) is 5.69 Å². The molecule has 1 rings (SSSR count). The topological polar surface area (TPSA) is 64.4 Å². The Morgan fingerprint density at radius 2 is 2.28 bits per heavy atom. The van der Waals surface area contributed by atoms with Gasteiger partial charge in [-0.3, -0.25) is 4.79 Å². The molecule has 0 aliphatic rings. The van der Waals surface area contributed by atoms with Gasteiger partial charge in [-0.2, -0.15) is 0 Å². The molecule has 3 N–H and O–H groups in total. The number of carbonyl (C=O) groups is 1. The van der Waals surface area contributed by atoms with E-state index in [2.05, 4.69) is 12.2 Å². The molecule has 4 nitrogen and oxygen atoms in total. The molecule has 1 amide bonds. The first kappa shape index (κ1) is 14.8. The molecule has 0 aliphatic heterocycles. The van der Waals surface area contributed by atoms with Crippen molar-refractivity contribution >= 4 is 23.2 Å². The van der Waals surface area contributed by atoms with Crippen LogP contribution in [-0.2, 0) is 4.79 Å². The lowest BCUT2D eigenvalue weighted by molar-refractivity contribution is -0.117. The molecular weight excluding hydrogens is 252 g/mol. The largest absolute Gasteiger partial charge is 0.497 e. The van der Waals surface area contributed by atoms with Crippen molar-refractivity contribution in [2.24, 2.45) is 5.73 Å². The number of anilines is 1. The summed E-state index contributed by atoms with van der Waals surface area (Å²) in [6, 6.07) is 4.57. The van der Waals surface area contributed by atoms with Gasteiger partial charge in [0.1, 0.15) is 5.75 Å². The van der Waals surface area contributed by atoms with E-state index >= 15 is 0 Å². The molecule has 1 atom stereocenters. The number of amides is 1. The van der Waals surface area contributed by atoms with Crippen LogP contribution >= 0.6 is 11.6 Å². The van der Waals surface area contributed by atoms with Crippen LogP contribution in [0.3, 0.4) is 0 Å². The molecule has 0 heterocycles. The van der Waals surface area contributed by atoms with E-state index in [0.717, 1.165) is 12.8 Å². The van der Waals surface area contributed by atoms with Gasteiger partial charge in [0.2, 0.25) is 5.91 Å². The molecular formula is C13H19ClN2O2. The number of hydrogen-bond donors (Lipinski definition) is 2. The molecule has 1 aromatic rings. The van der Waals surface area contributed by atoms with Crippen molar-refractivity contribution in [3.63, 3.8) is 0 Å². The first-order valence-electron chi connectivity index (χ1n) is 5.98. The molecule has 5 heteroatoms. The number of halogens is 1. The Kier molecular flexibility index (Phi) is 5.95. The van der Waals surface area contributed by atoms with Crippen LogP contribution < -0.4 is 15.8 Å². The summed E-state index contributed by atoms with van der Waals surface area (Å²) >= 11 is 6.00. The maximum absolute atomic E-state index is 11.8. The first-order valence-corrected chi connectivity index (χ1v) is 6.36. The normalized spacial score (nSPS) is 12.0. The van der Waals surface area contributed by atoms with E-state index in [4.69, 9.17) is 22.1 Å². The van der Waals surface area contributed by atoms with Crippen LogP contribution in [0.2, 0.25) is 5.02 Å². The molecule has 0 aromatic heterocycles. The molecule has 100 valence electrons. The highest BCUT2D eigenvalue weighted by molar-refractivity contribution is 6.33. The van der Waals surface area contributed by atoms with Crippen LogP contribution in [-0.4, -0.2) is 19.1 Å². The number of nitrogens with two attached hydrogens (primary N) is 1. The van der Waals surface area contributed by atoms with Crippen LogP contribution in [0.25, 0.3) is 0 Å². The van der Waals surface area contributed by atoms with Gasteiger partial charge in [-0.1, -0.05) is 31.4 Å². The van der Waals surface area contributed by atoms with E-state index in [1.807, 2.05) is 0 Å². The van der Waals surface area contributed by atoms with Crippen molar-refractivity contribution in [1.29, 1.82) is 0 Å². The minimum Gasteiger partial charge on any atom is -0.497 e. The summed E-state index contributed by atoms with van der Waals surface area (Å²) in [6.45, 7) is 2.06. The summed E-state index contributed by atoms with van der Waals surface area (Å²) in [4.78, 5) is 11.8. The monoisotopic (exact) mass is 270 g/mol. The average molecular weight is 271 g/mol. The third kappa shape index (κ3) is 4.20. The molecule has 0 saturated heterocycles. The first-order chi connectivity index (χ1) is 8.58. The third-order valence-corrected chi connectivity index (χ3v) is 2.97. The smallest absolute Gasteiger partial charge is 0.241 e. The van der Waals surface area contributed by atoms with Crippen molar-refractivity contribution in [2.75, 3.05) is 12.4 Å². The lowest BCUT2D eigenvalue weighted by Gasteiger charge is -2.13. The molecule has 0 bridgehead atoms. The van der Waals surface area contributed by atoms with Gasteiger partial charge >= 0.3 is 0 Å². The zero-order valence-corrected chi connectivity index (χ0v) is 11.5. The molecule has 0 saturated carbocycles. The Morgan fingerprint density at radius 1 is 1.56 bits per heavy atom. The van der Waals surface area contributed by atoms with E-state index in [1.165, 1.54) is 0 Å². The highest BCUT2D eigenvalue weighted by Gasteiger charge is 2.14. The van der Waals surface area contributed by atoms with Gasteiger partial charge in [0.15, 0.2) is 0 Å². The fourth-order valence-corrected chi connectivity index (χ4v) is 1.67. The number of benzene rings is 1. The molecule has 0 unspecified atom stereocenters. The maximum Gasteiger partial charge on any atom is 0.241 e. The van der Waals surface area contributed by atoms with E-state index in [9.17, 15) is 4.79 Å². The maximum atomic E-state index is 11.8. The van der Waals surface area contributed by atoms with E-state index in [0.29, 0.717) is 22.9 Å². The predicted molar refractivity (Wildman–Crippen MR) is 74.1 cm³/mol. The van der Waals surface area contributed by atoms with E-state index in [1.54, 1.807) is 25.3 Å². The number of rotatable bonds is 6. The second kappa shape index (κ2) is 7.24. The molecule has 18 heavy (non-hydrogen) atoms. The van der Waals surface area contributed by atoms with Crippen LogP contribution in [0.15, 0.2) is 18.2 Å². The number of carbonyl (C=O) groups excluding carboxylic acids is 1. The standard InChI is InChI=1S/C13H19ClN2O2/c1-3-4-5-11(15)13(17)16-12-8-9(18-2)6-7-10(12)14/h6-8,11H,3-5,15H2,1-2H3,(H,16,17)/t11-/m0/s1. The van der Waals surface area contributed by atoms with Crippen molar-refractivity contribution in [3.05, 3.63) is 23.2 Å². The summed E-state index contributed by atoms with van der Waals surface area (Å²) in [5.74, 6) is 0.412.